The number of nitrogens with two attached hydrogens (primary N) is 1. The Morgan fingerprint density at radius 2 is 2.00 bits per heavy atom. The first kappa shape index (κ1) is 15.4. The predicted octanol–water partition coefficient (Wildman–Crippen LogP) is 2.46. The van der Waals surface area contributed by atoms with Gasteiger partial charge in [-0.15, -0.1) is 0 Å². The van der Waals surface area contributed by atoms with Crippen molar-refractivity contribution in [2.75, 3.05) is 18.5 Å². The minimum absolute atomic E-state index is 0.423. The second kappa shape index (κ2) is 7.14. The summed E-state index contributed by atoms with van der Waals surface area (Å²) in [6, 6.07) is 14.4. The van der Waals surface area contributed by atoms with E-state index in [1.807, 2.05) is 19.1 Å². The Morgan fingerprint density at radius 1 is 1.27 bits per heavy atom. The van der Waals surface area contributed by atoms with E-state index in [0.29, 0.717) is 24.3 Å². The molecule has 2 rings (SSSR count). The molecule has 0 radical (unpaired) electrons. The second-order valence-electron chi connectivity index (χ2n) is 4.81. The number of hydrogen-bond donors (Lipinski definition) is 2. The number of ether oxygens (including phenoxy) is 1. The molecule has 112 valence electrons. The van der Waals surface area contributed by atoms with E-state index in [9.17, 15) is 4.79 Å². The van der Waals surface area contributed by atoms with Gasteiger partial charge >= 0.3 is 0 Å². The lowest BCUT2D eigenvalue weighted by Crippen LogP contribution is -2.14. The van der Waals surface area contributed by atoms with E-state index in [2.05, 4.69) is 11.4 Å². The highest BCUT2D eigenvalue weighted by atomic mass is 16.5. The van der Waals surface area contributed by atoms with Crippen molar-refractivity contribution in [3.8, 4) is 11.8 Å². The molecule has 0 saturated carbocycles. The van der Waals surface area contributed by atoms with Crippen molar-refractivity contribution >= 4 is 11.6 Å². The fourth-order valence-corrected chi connectivity index (χ4v) is 2.04. The van der Waals surface area contributed by atoms with Crippen molar-refractivity contribution in [3.63, 3.8) is 0 Å². The maximum atomic E-state index is 11.2. The van der Waals surface area contributed by atoms with Gasteiger partial charge < -0.3 is 15.8 Å². The van der Waals surface area contributed by atoms with Crippen molar-refractivity contribution < 1.29 is 9.53 Å². The standard InChI is InChI=1S/C17H17N3O2/c1-12-10-14(4-7-16(12)17(19)21)20-8-9-22-15-5-2-13(11-18)3-6-15/h2-7,10,20H,8-9H2,1H3,(H2,19,21). The lowest BCUT2D eigenvalue weighted by atomic mass is 10.1. The third-order valence-corrected chi connectivity index (χ3v) is 3.18. The molecule has 0 unspecified atom stereocenters. The van der Waals surface area contributed by atoms with Crippen molar-refractivity contribution in [2.24, 2.45) is 5.73 Å². The zero-order valence-electron chi connectivity index (χ0n) is 12.3. The number of rotatable bonds is 6. The van der Waals surface area contributed by atoms with Gasteiger partial charge in [0, 0.05) is 17.8 Å². The van der Waals surface area contributed by atoms with Gasteiger partial charge in [-0.05, 0) is 55.0 Å². The van der Waals surface area contributed by atoms with Crippen LogP contribution in [0.1, 0.15) is 21.5 Å². The Morgan fingerprint density at radius 3 is 2.59 bits per heavy atom. The van der Waals surface area contributed by atoms with Crippen molar-refractivity contribution in [1.29, 1.82) is 5.26 Å². The summed E-state index contributed by atoms with van der Waals surface area (Å²) in [5.41, 5.74) is 8.15. The number of nitriles is 1. The molecule has 0 heterocycles. The van der Waals surface area contributed by atoms with Crippen LogP contribution in [0.3, 0.4) is 0 Å². The van der Waals surface area contributed by atoms with E-state index in [1.165, 1.54) is 0 Å². The molecule has 0 aromatic heterocycles. The molecule has 0 atom stereocenters. The van der Waals surface area contributed by atoms with Crippen LogP contribution in [-0.4, -0.2) is 19.1 Å². The first-order chi connectivity index (χ1) is 10.6. The summed E-state index contributed by atoms with van der Waals surface area (Å²) in [6.45, 7) is 2.95. The Bertz CT molecular complexity index is 703. The quantitative estimate of drug-likeness (QED) is 0.801. The molecule has 0 saturated heterocycles. The average molecular weight is 295 g/mol. The first-order valence-electron chi connectivity index (χ1n) is 6.87. The largest absolute Gasteiger partial charge is 0.492 e. The Hall–Kier alpha value is -3.00. The molecule has 5 heteroatoms. The van der Waals surface area contributed by atoms with Gasteiger partial charge in [0.1, 0.15) is 12.4 Å². The SMILES string of the molecule is Cc1cc(NCCOc2ccc(C#N)cc2)ccc1C(N)=O. The molecule has 0 aliphatic heterocycles. The molecule has 0 fully saturated rings. The van der Waals surface area contributed by atoms with Gasteiger partial charge in [0.25, 0.3) is 0 Å². The number of primary amides is 1. The molecule has 0 spiro atoms. The van der Waals surface area contributed by atoms with E-state index in [-0.39, 0.29) is 0 Å². The number of nitrogens with zero attached hydrogens (tertiary/aromatic N) is 1. The summed E-state index contributed by atoms with van der Waals surface area (Å²) in [6.07, 6.45) is 0. The number of carbonyl (C=O) groups excluding carboxylic acids is 1. The third kappa shape index (κ3) is 4.00. The van der Waals surface area contributed by atoms with E-state index in [0.717, 1.165) is 17.0 Å². The maximum absolute atomic E-state index is 11.2. The van der Waals surface area contributed by atoms with Crippen LogP contribution in [0.5, 0.6) is 5.75 Å². The number of benzene rings is 2. The summed E-state index contributed by atoms with van der Waals surface area (Å²) in [4.78, 5) is 11.2. The number of amides is 1. The second-order valence-corrected chi connectivity index (χ2v) is 4.81. The van der Waals surface area contributed by atoms with E-state index < -0.39 is 5.91 Å². The maximum Gasteiger partial charge on any atom is 0.248 e. The monoisotopic (exact) mass is 295 g/mol. The van der Waals surface area contributed by atoms with Crippen LogP contribution in [0.4, 0.5) is 5.69 Å². The van der Waals surface area contributed by atoms with E-state index >= 15 is 0 Å². The zero-order chi connectivity index (χ0) is 15.9. The summed E-state index contributed by atoms with van der Waals surface area (Å²) >= 11 is 0. The average Bonchev–Trinajstić information content (AvgIpc) is 2.52. The highest BCUT2D eigenvalue weighted by Gasteiger charge is 2.04. The normalized spacial score (nSPS) is 9.82. The van der Waals surface area contributed by atoms with E-state index in [1.54, 1.807) is 30.3 Å². The minimum atomic E-state index is -0.423. The van der Waals surface area contributed by atoms with Gasteiger partial charge in [0.15, 0.2) is 0 Å². The summed E-state index contributed by atoms with van der Waals surface area (Å²) in [5.74, 6) is 0.300. The number of nitrogens with one attached hydrogen (secondary N) is 1. The van der Waals surface area contributed by atoms with Crippen molar-refractivity contribution in [2.45, 2.75) is 6.92 Å². The zero-order valence-corrected chi connectivity index (χ0v) is 12.3. The van der Waals surface area contributed by atoms with Gasteiger partial charge in [0.2, 0.25) is 5.91 Å². The van der Waals surface area contributed by atoms with Crippen LogP contribution in [-0.2, 0) is 0 Å². The van der Waals surface area contributed by atoms with Gasteiger partial charge in [-0.3, -0.25) is 4.79 Å². The van der Waals surface area contributed by atoms with Crippen LogP contribution in [0.15, 0.2) is 42.5 Å². The van der Waals surface area contributed by atoms with Crippen molar-refractivity contribution in [1.82, 2.24) is 0 Å². The predicted molar refractivity (Wildman–Crippen MR) is 84.8 cm³/mol. The van der Waals surface area contributed by atoms with Crippen molar-refractivity contribution in [3.05, 3.63) is 59.2 Å². The molecular weight excluding hydrogens is 278 g/mol. The van der Waals surface area contributed by atoms with Crippen LogP contribution in [0, 0.1) is 18.3 Å². The minimum Gasteiger partial charge on any atom is -0.492 e. The molecule has 0 aliphatic rings. The lowest BCUT2D eigenvalue weighted by Gasteiger charge is -2.10. The topological polar surface area (TPSA) is 88.1 Å². The van der Waals surface area contributed by atoms with E-state index in [4.69, 9.17) is 15.7 Å². The molecule has 22 heavy (non-hydrogen) atoms. The Labute approximate surface area is 129 Å². The summed E-state index contributed by atoms with van der Waals surface area (Å²) in [5, 5.41) is 11.9. The summed E-state index contributed by atoms with van der Waals surface area (Å²) in [7, 11) is 0. The van der Waals surface area contributed by atoms with Crippen LogP contribution in [0.25, 0.3) is 0 Å². The Kier molecular flexibility index (Phi) is 4.99. The first-order valence-corrected chi connectivity index (χ1v) is 6.87. The smallest absolute Gasteiger partial charge is 0.248 e. The number of anilines is 1. The fourth-order valence-electron chi connectivity index (χ4n) is 2.04. The molecule has 2 aromatic rings. The third-order valence-electron chi connectivity index (χ3n) is 3.18. The Balaban J connectivity index is 1.82. The molecule has 1 amide bonds. The highest BCUT2D eigenvalue weighted by molar-refractivity contribution is 5.94. The molecule has 0 aliphatic carbocycles. The fraction of sp³-hybridized carbons (Fsp3) is 0.176. The van der Waals surface area contributed by atoms with Gasteiger partial charge in [-0.2, -0.15) is 5.26 Å². The molecule has 2 aromatic carbocycles. The van der Waals surface area contributed by atoms with Crippen LogP contribution in [0.2, 0.25) is 0 Å². The lowest BCUT2D eigenvalue weighted by molar-refractivity contribution is 0.0999. The number of aryl methyl sites for hydroxylation is 1. The van der Waals surface area contributed by atoms with Crippen LogP contribution < -0.4 is 15.8 Å². The molecule has 5 nitrogen and oxygen atoms in total. The number of hydrogen-bond acceptors (Lipinski definition) is 4. The summed E-state index contributed by atoms with van der Waals surface area (Å²) < 4.78 is 5.57. The van der Waals surface area contributed by atoms with Gasteiger partial charge in [-0.1, -0.05) is 0 Å². The molecular formula is C17H17N3O2. The van der Waals surface area contributed by atoms with Crippen LogP contribution >= 0.6 is 0 Å². The van der Waals surface area contributed by atoms with Gasteiger partial charge in [-0.25, -0.2) is 0 Å². The highest BCUT2D eigenvalue weighted by Crippen LogP contribution is 2.15. The van der Waals surface area contributed by atoms with Gasteiger partial charge in [0.05, 0.1) is 11.6 Å². The number of carbonyl (C=O) groups is 1. The molecule has 0 bridgehead atoms. The molecule has 3 N–H and O–H groups in total.